The molecule has 1 aromatic heterocycles. The summed E-state index contributed by atoms with van der Waals surface area (Å²) >= 11 is 1.24. The molecule has 0 saturated heterocycles. The molecule has 4 amide bonds. The highest BCUT2D eigenvalue weighted by Gasteiger charge is 2.26. The van der Waals surface area contributed by atoms with Crippen molar-refractivity contribution in [1.29, 1.82) is 0 Å². The molecule has 0 saturated carbocycles. The zero-order valence-electron chi connectivity index (χ0n) is 18.1. The van der Waals surface area contributed by atoms with Crippen LogP contribution < -0.4 is 21.5 Å². The molecule has 9 heteroatoms. The Kier molecular flexibility index (Phi) is 7.93. The fraction of sp³-hybridized carbons (Fsp3) is 0.167. The van der Waals surface area contributed by atoms with Crippen molar-refractivity contribution in [2.45, 2.75) is 19.9 Å². The number of thiophene rings is 1. The van der Waals surface area contributed by atoms with Crippen LogP contribution in [0.4, 0.5) is 5.69 Å². The van der Waals surface area contributed by atoms with E-state index in [0.29, 0.717) is 16.1 Å². The Hall–Kier alpha value is -3.98. The summed E-state index contributed by atoms with van der Waals surface area (Å²) in [6.07, 6.45) is 0. The number of para-hydroxylation sites is 1. The van der Waals surface area contributed by atoms with Gasteiger partial charge in [-0.1, -0.05) is 50.2 Å². The summed E-state index contributed by atoms with van der Waals surface area (Å²) in [6, 6.07) is 17.6. The largest absolute Gasteiger partial charge is 0.340 e. The second-order valence-corrected chi connectivity index (χ2v) is 8.43. The van der Waals surface area contributed by atoms with E-state index < -0.39 is 23.8 Å². The molecule has 4 N–H and O–H groups in total. The highest BCUT2D eigenvalue weighted by molar-refractivity contribution is 7.12. The van der Waals surface area contributed by atoms with Gasteiger partial charge in [-0.2, -0.15) is 0 Å². The summed E-state index contributed by atoms with van der Waals surface area (Å²) in [5.41, 5.74) is 5.69. The molecule has 8 nitrogen and oxygen atoms in total. The van der Waals surface area contributed by atoms with E-state index in [1.807, 2.05) is 0 Å². The topological polar surface area (TPSA) is 116 Å². The molecule has 0 fully saturated rings. The van der Waals surface area contributed by atoms with Crippen molar-refractivity contribution in [3.8, 4) is 0 Å². The minimum absolute atomic E-state index is 0.211. The van der Waals surface area contributed by atoms with E-state index in [4.69, 9.17) is 0 Å². The summed E-state index contributed by atoms with van der Waals surface area (Å²) in [7, 11) is 0. The molecule has 0 spiro atoms. The Morgan fingerprint density at radius 2 is 1.45 bits per heavy atom. The SMILES string of the molecule is CC(C)[C@@H](NC(=O)c1ccccc1NC(=O)c1ccccc1)C(=O)NNC(=O)c1cccs1. The van der Waals surface area contributed by atoms with Crippen LogP contribution in [0, 0.1) is 5.92 Å². The molecule has 33 heavy (non-hydrogen) atoms. The average Bonchev–Trinajstić information content (AvgIpc) is 3.36. The van der Waals surface area contributed by atoms with Gasteiger partial charge in [-0.15, -0.1) is 11.3 Å². The number of hydrogen-bond acceptors (Lipinski definition) is 5. The molecule has 170 valence electrons. The van der Waals surface area contributed by atoms with Crippen LogP contribution in [0.15, 0.2) is 72.1 Å². The lowest BCUT2D eigenvalue weighted by molar-refractivity contribution is -0.124. The lowest BCUT2D eigenvalue weighted by Gasteiger charge is -2.22. The van der Waals surface area contributed by atoms with Crippen molar-refractivity contribution < 1.29 is 19.2 Å². The Bertz CT molecular complexity index is 1130. The first-order chi connectivity index (χ1) is 15.9. The number of anilines is 1. The van der Waals surface area contributed by atoms with Gasteiger partial charge < -0.3 is 10.6 Å². The number of carbonyl (C=O) groups excluding carboxylic acids is 4. The quantitative estimate of drug-likeness (QED) is 0.402. The normalized spacial score (nSPS) is 11.4. The van der Waals surface area contributed by atoms with Gasteiger partial charge in [-0.25, -0.2) is 0 Å². The van der Waals surface area contributed by atoms with E-state index in [-0.39, 0.29) is 17.4 Å². The van der Waals surface area contributed by atoms with Gasteiger partial charge in [-0.05, 0) is 41.6 Å². The number of hydrogen-bond donors (Lipinski definition) is 4. The third-order valence-corrected chi connectivity index (χ3v) is 5.60. The highest BCUT2D eigenvalue weighted by atomic mass is 32.1. The average molecular weight is 465 g/mol. The molecule has 1 heterocycles. The first kappa shape index (κ1) is 23.7. The Labute approximate surface area is 195 Å². The number of hydrazine groups is 1. The molecule has 0 bridgehead atoms. The highest BCUT2D eigenvalue weighted by Crippen LogP contribution is 2.17. The predicted molar refractivity (Wildman–Crippen MR) is 127 cm³/mol. The maximum absolute atomic E-state index is 13.0. The number of amides is 4. The lowest BCUT2D eigenvalue weighted by atomic mass is 10.0. The fourth-order valence-corrected chi connectivity index (χ4v) is 3.61. The van der Waals surface area contributed by atoms with Gasteiger partial charge in [0.15, 0.2) is 0 Å². The van der Waals surface area contributed by atoms with Gasteiger partial charge in [0.25, 0.3) is 23.6 Å². The van der Waals surface area contributed by atoms with E-state index in [1.54, 1.807) is 86.0 Å². The van der Waals surface area contributed by atoms with Gasteiger partial charge in [0.1, 0.15) is 6.04 Å². The molecule has 1 atom stereocenters. The van der Waals surface area contributed by atoms with Gasteiger partial charge >= 0.3 is 0 Å². The van der Waals surface area contributed by atoms with E-state index in [2.05, 4.69) is 21.5 Å². The molecule has 0 radical (unpaired) electrons. The molecule has 0 aliphatic heterocycles. The van der Waals surface area contributed by atoms with Crippen LogP contribution in [0.2, 0.25) is 0 Å². The molecule has 3 aromatic rings. The first-order valence-corrected chi connectivity index (χ1v) is 11.1. The predicted octanol–water partition coefficient (Wildman–Crippen LogP) is 3.22. The second kappa shape index (κ2) is 11.1. The van der Waals surface area contributed by atoms with Crippen LogP contribution in [-0.2, 0) is 4.79 Å². The zero-order valence-corrected chi connectivity index (χ0v) is 18.9. The first-order valence-electron chi connectivity index (χ1n) is 10.3. The maximum atomic E-state index is 13.0. The molecule has 0 unspecified atom stereocenters. The molecule has 0 aliphatic rings. The van der Waals surface area contributed by atoms with Gasteiger partial charge in [0.05, 0.1) is 16.1 Å². The van der Waals surface area contributed by atoms with Crippen molar-refractivity contribution in [3.05, 3.63) is 88.1 Å². The third kappa shape index (κ3) is 6.27. The van der Waals surface area contributed by atoms with E-state index in [1.165, 1.54) is 11.3 Å². The van der Waals surface area contributed by atoms with Crippen molar-refractivity contribution in [2.75, 3.05) is 5.32 Å². The van der Waals surface area contributed by atoms with Gasteiger partial charge in [0.2, 0.25) is 0 Å². The lowest BCUT2D eigenvalue weighted by Crippen LogP contribution is -2.54. The minimum Gasteiger partial charge on any atom is -0.340 e. The molecule has 0 aliphatic carbocycles. The molecular weight excluding hydrogens is 440 g/mol. The van der Waals surface area contributed by atoms with Crippen molar-refractivity contribution in [1.82, 2.24) is 16.2 Å². The van der Waals surface area contributed by atoms with E-state index >= 15 is 0 Å². The minimum atomic E-state index is -0.918. The number of rotatable bonds is 7. The molecule has 3 rings (SSSR count). The van der Waals surface area contributed by atoms with E-state index in [9.17, 15) is 19.2 Å². The Morgan fingerprint density at radius 1 is 0.758 bits per heavy atom. The zero-order chi connectivity index (χ0) is 23.8. The summed E-state index contributed by atoms with van der Waals surface area (Å²) in [5, 5.41) is 7.18. The molecule has 2 aromatic carbocycles. The summed E-state index contributed by atoms with van der Waals surface area (Å²) in [4.78, 5) is 50.7. The monoisotopic (exact) mass is 464 g/mol. The van der Waals surface area contributed by atoms with E-state index in [0.717, 1.165) is 0 Å². The smallest absolute Gasteiger partial charge is 0.279 e. The Morgan fingerprint density at radius 3 is 2.12 bits per heavy atom. The van der Waals surface area contributed by atoms with Crippen molar-refractivity contribution >= 4 is 40.7 Å². The van der Waals surface area contributed by atoms with Crippen LogP contribution in [0.3, 0.4) is 0 Å². The van der Waals surface area contributed by atoms with Crippen LogP contribution in [0.5, 0.6) is 0 Å². The Balaban J connectivity index is 1.68. The standard InChI is InChI=1S/C24H24N4O4S/c1-15(2)20(24(32)28-27-23(31)19-13-8-14-33-19)26-22(30)17-11-6-7-12-18(17)25-21(29)16-9-4-3-5-10-16/h3-15,20H,1-2H3,(H,25,29)(H,26,30)(H,27,31)(H,28,32)/t20-/m1/s1. The second-order valence-electron chi connectivity index (χ2n) is 7.48. The number of benzene rings is 2. The summed E-state index contributed by atoms with van der Waals surface area (Å²) in [5.74, 6) is -2.16. The van der Waals surface area contributed by atoms with Gasteiger partial charge in [0, 0.05) is 5.56 Å². The van der Waals surface area contributed by atoms with Crippen molar-refractivity contribution in [3.63, 3.8) is 0 Å². The third-order valence-electron chi connectivity index (χ3n) is 4.74. The van der Waals surface area contributed by atoms with Crippen LogP contribution in [0.25, 0.3) is 0 Å². The van der Waals surface area contributed by atoms with Crippen LogP contribution in [0.1, 0.15) is 44.2 Å². The maximum Gasteiger partial charge on any atom is 0.279 e. The van der Waals surface area contributed by atoms with Crippen LogP contribution in [-0.4, -0.2) is 29.7 Å². The fourth-order valence-electron chi connectivity index (χ4n) is 2.99. The number of carbonyl (C=O) groups is 4. The van der Waals surface area contributed by atoms with Gasteiger partial charge in [-0.3, -0.25) is 30.0 Å². The summed E-state index contributed by atoms with van der Waals surface area (Å²) in [6.45, 7) is 3.55. The van der Waals surface area contributed by atoms with Crippen molar-refractivity contribution in [2.24, 2.45) is 5.92 Å². The molecular formula is C24H24N4O4S. The van der Waals surface area contributed by atoms with Crippen LogP contribution >= 0.6 is 11.3 Å². The number of nitrogens with one attached hydrogen (secondary N) is 4. The summed E-state index contributed by atoms with van der Waals surface area (Å²) < 4.78 is 0.